The Bertz CT molecular complexity index is 303. The molecule has 4 heteroatoms. The van der Waals surface area contributed by atoms with Crippen LogP contribution in [0.4, 0.5) is 0 Å². The molecule has 1 N–H and O–H groups in total. The summed E-state index contributed by atoms with van der Waals surface area (Å²) in [5, 5.41) is 13.2. The molecule has 1 saturated carbocycles. The SMILES string of the molecule is CC(O)CCc1nc(C2CCCC2)no1. The summed E-state index contributed by atoms with van der Waals surface area (Å²) < 4.78 is 5.16. The standard InChI is InChI=1S/C11H18N2O2/c1-8(14)6-7-10-12-11(13-15-10)9-4-2-3-5-9/h8-9,14H,2-7H2,1H3. The van der Waals surface area contributed by atoms with Gasteiger partial charge in [-0.2, -0.15) is 4.98 Å². The predicted molar refractivity (Wildman–Crippen MR) is 55.5 cm³/mol. The Morgan fingerprint density at radius 1 is 1.47 bits per heavy atom. The van der Waals surface area contributed by atoms with Crippen LogP contribution in [0.25, 0.3) is 0 Å². The van der Waals surface area contributed by atoms with Crippen molar-refractivity contribution < 1.29 is 9.63 Å². The highest BCUT2D eigenvalue weighted by molar-refractivity contribution is 4.97. The summed E-state index contributed by atoms with van der Waals surface area (Å²) in [6, 6.07) is 0. The molecule has 0 radical (unpaired) electrons. The molecule has 1 aliphatic rings. The number of aliphatic hydroxyl groups excluding tert-OH is 1. The van der Waals surface area contributed by atoms with Gasteiger partial charge in [-0.15, -0.1) is 0 Å². The van der Waals surface area contributed by atoms with E-state index in [0.717, 1.165) is 5.82 Å². The van der Waals surface area contributed by atoms with Crippen LogP contribution in [0.2, 0.25) is 0 Å². The second kappa shape index (κ2) is 4.75. The minimum absolute atomic E-state index is 0.299. The first-order valence-electron chi connectivity index (χ1n) is 5.76. The van der Waals surface area contributed by atoms with E-state index in [1.54, 1.807) is 6.92 Å². The highest BCUT2D eigenvalue weighted by atomic mass is 16.5. The van der Waals surface area contributed by atoms with Crippen molar-refractivity contribution in [2.45, 2.75) is 57.5 Å². The lowest BCUT2D eigenvalue weighted by atomic mass is 10.1. The van der Waals surface area contributed by atoms with Gasteiger partial charge < -0.3 is 9.63 Å². The first kappa shape index (κ1) is 10.6. The number of nitrogens with zero attached hydrogens (tertiary/aromatic N) is 2. The van der Waals surface area contributed by atoms with E-state index in [9.17, 15) is 0 Å². The van der Waals surface area contributed by atoms with Gasteiger partial charge in [0.1, 0.15) is 0 Å². The van der Waals surface area contributed by atoms with Crippen LogP contribution in [0.1, 0.15) is 56.7 Å². The maximum absolute atomic E-state index is 9.14. The largest absolute Gasteiger partial charge is 0.393 e. The Balaban J connectivity index is 1.91. The van der Waals surface area contributed by atoms with Gasteiger partial charge in [0, 0.05) is 12.3 Å². The number of aromatic nitrogens is 2. The number of hydrogen-bond donors (Lipinski definition) is 1. The molecule has 84 valence electrons. The van der Waals surface area contributed by atoms with Crippen molar-refractivity contribution in [1.82, 2.24) is 10.1 Å². The van der Waals surface area contributed by atoms with Gasteiger partial charge in [-0.05, 0) is 26.2 Å². The summed E-state index contributed by atoms with van der Waals surface area (Å²) in [5.74, 6) is 2.04. The quantitative estimate of drug-likeness (QED) is 0.826. The van der Waals surface area contributed by atoms with Crippen molar-refractivity contribution in [3.8, 4) is 0 Å². The number of hydrogen-bond acceptors (Lipinski definition) is 4. The van der Waals surface area contributed by atoms with Crippen LogP contribution in [0.5, 0.6) is 0 Å². The Labute approximate surface area is 89.7 Å². The third kappa shape index (κ3) is 2.78. The van der Waals surface area contributed by atoms with E-state index in [4.69, 9.17) is 9.63 Å². The Kier molecular flexibility index (Phi) is 3.36. The van der Waals surface area contributed by atoms with E-state index < -0.39 is 0 Å². The van der Waals surface area contributed by atoms with Crippen LogP contribution in [0.3, 0.4) is 0 Å². The zero-order valence-corrected chi connectivity index (χ0v) is 9.15. The second-order valence-corrected chi connectivity index (χ2v) is 4.42. The minimum Gasteiger partial charge on any atom is -0.393 e. The fraction of sp³-hybridized carbons (Fsp3) is 0.818. The first-order chi connectivity index (χ1) is 7.25. The molecule has 4 nitrogen and oxygen atoms in total. The molecular weight excluding hydrogens is 192 g/mol. The molecule has 0 amide bonds. The van der Waals surface area contributed by atoms with Crippen molar-refractivity contribution in [1.29, 1.82) is 0 Å². The topological polar surface area (TPSA) is 59.2 Å². The molecule has 0 bridgehead atoms. The van der Waals surface area contributed by atoms with Crippen LogP contribution >= 0.6 is 0 Å². The van der Waals surface area contributed by atoms with Gasteiger partial charge in [0.05, 0.1) is 6.10 Å². The highest BCUT2D eigenvalue weighted by Crippen LogP contribution is 2.32. The molecule has 0 saturated heterocycles. The fourth-order valence-electron chi connectivity index (χ4n) is 2.05. The van der Waals surface area contributed by atoms with Gasteiger partial charge in [-0.1, -0.05) is 18.0 Å². The summed E-state index contributed by atoms with van der Waals surface area (Å²) in [6.07, 6.45) is 6.01. The summed E-state index contributed by atoms with van der Waals surface area (Å²) >= 11 is 0. The van der Waals surface area contributed by atoms with Crippen LogP contribution in [-0.2, 0) is 6.42 Å². The molecule has 0 aliphatic heterocycles. The van der Waals surface area contributed by atoms with Crippen LogP contribution in [0.15, 0.2) is 4.52 Å². The van der Waals surface area contributed by atoms with E-state index in [0.29, 0.717) is 24.7 Å². The van der Waals surface area contributed by atoms with Gasteiger partial charge >= 0.3 is 0 Å². The molecule has 0 aromatic carbocycles. The molecule has 0 spiro atoms. The van der Waals surface area contributed by atoms with Crippen molar-refractivity contribution in [3.63, 3.8) is 0 Å². The lowest BCUT2D eigenvalue weighted by Crippen LogP contribution is -2.02. The van der Waals surface area contributed by atoms with Gasteiger partial charge in [0.15, 0.2) is 5.82 Å². The van der Waals surface area contributed by atoms with E-state index >= 15 is 0 Å². The molecule has 1 aromatic heterocycles. The first-order valence-corrected chi connectivity index (χ1v) is 5.76. The maximum Gasteiger partial charge on any atom is 0.226 e. The van der Waals surface area contributed by atoms with Gasteiger partial charge in [0.2, 0.25) is 5.89 Å². The smallest absolute Gasteiger partial charge is 0.226 e. The van der Waals surface area contributed by atoms with E-state index in [2.05, 4.69) is 10.1 Å². The average Bonchev–Trinajstić information content (AvgIpc) is 2.85. The zero-order valence-electron chi connectivity index (χ0n) is 9.15. The van der Waals surface area contributed by atoms with Crippen molar-refractivity contribution in [3.05, 3.63) is 11.7 Å². The van der Waals surface area contributed by atoms with E-state index in [1.165, 1.54) is 25.7 Å². The number of aliphatic hydroxyl groups is 1. The maximum atomic E-state index is 9.14. The van der Waals surface area contributed by atoms with Gasteiger partial charge in [0.25, 0.3) is 0 Å². The van der Waals surface area contributed by atoms with Gasteiger partial charge in [-0.25, -0.2) is 0 Å². The van der Waals surface area contributed by atoms with Crippen molar-refractivity contribution in [2.75, 3.05) is 0 Å². The third-order valence-corrected chi connectivity index (χ3v) is 2.98. The Morgan fingerprint density at radius 3 is 2.87 bits per heavy atom. The minimum atomic E-state index is -0.299. The molecular formula is C11H18N2O2. The Morgan fingerprint density at radius 2 is 2.20 bits per heavy atom. The van der Waals surface area contributed by atoms with Gasteiger partial charge in [-0.3, -0.25) is 0 Å². The predicted octanol–water partition coefficient (Wildman–Crippen LogP) is 2.04. The van der Waals surface area contributed by atoms with Crippen LogP contribution in [0, 0.1) is 0 Å². The summed E-state index contributed by atoms with van der Waals surface area (Å²) in [5.41, 5.74) is 0. The molecule has 1 aliphatic carbocycles. The third-order valence-electron chi connectivity index (χ3n) is 2.98. The molecule has 1 fully saturated rings. The molecule has 2 rings (SSSR count). The summed E-state index contributed by atoms with van der Waals surface area (Å²) in [7, 11) is 0. The molecule has 15 heavy (non-hydrogen) atoms. The molecule has 1 aromatic rings. The summed E-state index contributed by atoms with van der Waals surface area (Å²) in [4.78, 5) is 4.38. The molecule has 1 heterocycles. The normalized spacial score (nSPS) is 19.6. The average molecular weight is 210 g/mol. The molecule has 1 unspecified atom stereocenters. The Hall–Kier alpha value is -0.900. The fourth-order valence-corrected chi connectivity index (χ4v) is 2.05. The van der Waals surface area contributed by atoms with Crippen LogP contribution < -0.4 is 0 Å². The monoisotopic (exact) mass is 210 g/mol. The highest BCUT2D eigenvalue weighted by Gasteiger charge is 2.22. The number of aryl methyl sites for hydroxylation is 1. The lowest BCUT2D eigenvalue weighted by Gasteiger charge is -2.00. The lowest BCUT2D eigenvalue weighted by molar-refractivity contribution is 0.180. The number of rotatable bonds is 4. The zero-order chi connectivity index (χ0) is 10.7. The summed E-state index contributed by atoms with van der Waals surface area (Å²) in [6.45, 7) is 1.77. The molecule has 1 atom stereocenters. The van der Waals surface area contributed by atoms with E-state index in [-0.39, 0.29) is 6.10 Å². The van der Waals surface area contributed by atoms with Crippen LogP contribution in [-0.4, -0.2) is 21.4 Å². The second-order valence-electron chi connectivity index (χ2n) is 4.42. The van der Waals surface area contributed by atoms with E-state index in [1.807, 2.05) is 0 Å². The van der Waals surface area contributed by atoms with Crippen molar-refractivity contribution >= 4 is 0 Å². The van der Waals surface area contributed by atoms with Crippen molar-refractivity contribution in [2.24, 2.45) is 0 Å².